The average molecular weight is 273 g/mol. The fourth-order valence-electron chi connectivity index (χ4n) is 1.75. The van der Waals surface area contributed by atoms with Crippen LogP contribution in [-0.2, 0) is 19.1 Å². The number of amides is 2. The summed E-state index contributed by atoms with van der Waals surface area (Å²) in [5.74, 6) is -1.02. The summed E-state index contributed by atoms with van der Waals surface area (Å²) in [6, 6.07) is 0. The van der Waals surface area contributed by atoms with E-state index in [2.05, 4.69) is 10.6 Å². The van der Waals surface area contributed by atoms with Crippen molar-refractivity contribution in [1.82, 2.24) is 15.5 Å². The van der Waals surface area contributed by atoms with Crippen LogP contribution in [0, 0.1) is 0 Å². The lowest BCUT2D eigenvalue weighted by Crippen LogP contribution is -2.45. The Morgan fingerprint density at radius 1 is 1.21 bits per heavy atom. The quantitative estimate of drug-likeness (QED) is 0.459. The van der Waals surface area contributed by atoms with Crippen molar-refractivity contribution in [2.45, 2.75) is 6.42 Å². The summed E-state index contributed by atoms with van der Waals surface area (Å²) in [6.07, 6.45) is 0.874. The fourth-order valence-corrected chi connectivity index (χ4v) is 1.75. The van der Waals surface area contributed by atoms with Crippen molar-refractivity contribution in [3.63, 3.8) is 0 Å². The van der Waals surface area contributed by atoms with Gasteiger partial charge in [0.15, 0.2) is 0 Å². The van der Waals surface area contributed by atoms with E-state index in [1.165, 1.54) is 0 Å². The van der Waals surface area contributed by atoms with Crippen LogP contribution >= 0.6 is 0 Å². The molecule has 1 rings (SSSR count). The largest absolute Gasteiger partial charge is 0.382 e. The second kappa shape index (κ2) is 9.71. The molecule has 0 aromatic carbocycles. The van der Waals surface area contributed by atoms with Crippen molar-refractivity contribution in [1.29, 1.82) is 0 Å². The first-order valence-electron chi connectivity index (χ1n) is 6.60. The zero-order valence-corrected chi connectivity index (χ0v) is 11.4. The molecule has 1 aliphatic heterocycles. The van der Waals surface area contributed by atoms with E-state index in [1.807, 2.05) is 0 Å². The van der Waals surface area contributed by atoms with Crippen LogP contribution in [-0.4, -0.2) is 76.4 Å². The van der Waals surface area contributed by atoms with E-state index in [4.69, 9.17) is 9.47 Å². The molecule has 0 aromatic heterocycles. The van der Waals surface area contributed by atoms with E-state index in [0.717, 1.165) is 19.5 Å². The summed E-state index contributed by atoms with van der Waals surface area (Å²) in [7, 11) is 1.60. The van der Waals surface area contributed by atoms with Crippen LogP contribution in [0.1, 0.15) is 6.42 Å². The Bertz CT molecular complexity index is 278. The van der Waals surface area contributed by atoms with Gasteiger partial charge in [-0.2, -0.15) is 0 Å². The van der Waals surface area contributed by atoms with Crippen LogP contribution in [0.5, 0.6) is 0 Å². The smallest absolute Gasteiger partial charge is 0.311 e. The first-order chi connectivity index (χ1) is 9.25. The minimum atomic E-state index is -0.558. The van der Waals surface area contributed by atoms with Gasteiger partial charge in [0, 0.05) is 33.3 Å². The molecule has 110 valence electrons. The van der Waals surface area contributed by atoms with Crippen molar-refractivity contribution < 1.29 is 19.1 Å². The van der Waals surface area contributed by atoms with E-state index < -0.39 is 11.8 Å². The maximum Gasteiger partial charge on any atom is 0.311 e. The molecule has 0 spiro atoms. The first kappa shape index (κ1) is 15.9. The van der Waals surface area contributed by atoms with E-state index >= 15 is 0 Å². The standard InChI is InChI=1S/C12H23N3O4/c1-18-9-10-19-8-5-14-11(16)12(17)15-6-2-3-13-4-7-15/h13H,2-10H2,1H3,(H,14,16). The Morgan fingerprint density at radius 2 is 2.05 bits per heavy atom. The predicted octanol–water partition coefficient (Wildman–Crippen LogP) is -1.41. The maximum absolute atomic E-state index is 11.8. The van der Waals surface area contributed by atoms with Gasteiger partial charge in [0.2, 0.25) is 0 Å². The molecule has 19 heavy (non-hydrogen) atoms. The Kier molecular flexibility index (Phi) is 8.11. The summed E-state index contributed by atoms with van der Waals surface area (Å²) in [5, 5.41) is 5.75. The van der Waals surface area contributed by atoms with Gasteiger partial charge in [0.05, 0.1) is 19.8 Å². The summed E-state index contributed by atoms with van der Waals surface area (Å²) < 4.78 is 10.0. The lowest BCUT2D eigenvalue weighted by Gasteiger charge is -2.19. The monoisotopic (exact) mass is 273 g/mol. The van der Waals surface area contributed by atoms with Gasteiger partial charge in [-0.15, -0.1) is 0 Å². The third kappa shape index (κ3) is 6.51. The minimum absolute atomic E-state index is 0.334. The summed E-state index contributed by atoms with van der Waals surface area (Å²) in [4.78, 5) is 25.1. The van der Waals surface area contributed by atoms with Gasteiger partial charge < -0.3 is 25.0 Å². The number of hydrogen-bond donors (Lipinski definition) is 2. The zero-order valence-electron chi connectivity index (χ0n) is 11.4. The Morgan fingerprint density at radius 3 is 2.84 bits per heavy atom. The van der Waals surface area contributed by atoms with Crippen LogP contribution in [0.2, 0.25) is 0 Å². The Labute approximate surface area is 113 Å². The number of carbonyl (C=O) groups excluding carboxylic acids is 2. The van der Waals surface area contributed by atoms with Crippen LogP contribution in [0.15, 0.2) is 0 Å². The third-order valence-electron chi connectivity index (χ3n) is 2.79. The highest BCUT2D eigenvalue weighted by Crippen LogP contribution is 1.96. The molecule has 0 radical (unpaired) electrons. The fraction of sp³-hybridized carbons (Fsp3) is 0.833. The van der Waals surface area contributed by atoms with E-state index in [9.17, 15) is 9.59 Å². The number of carbonyl (C=O) groups is 2. The molecule has 0 aliphatic carbocycles. The summed E-state index contributed by atoms with van der Waals surface area (Å²) >= 11 is 0. The topological polar surface area (TPSA) is 79.9 Å². The molecule has 1 saturated heterocycles. The Hall–Kier alpha value is -1.18. The lowest BCUT2D eigenvalue weighted by atomic mass is 10.3. The minimum Gasteiger partial charge on any atom is -0.382 e. The molecule has 0 bridgehead atoms. The number of methoxy groups -OCH3 is 1. The highest BCUT2D eigenvalue weighted by Gasteiger charge is 2.21. The van der Waals surface area contributed by atoms with Crippen LogP contribution in [0.25, 0.3) is 0 Å². The van der Waals surface area contributed by atoms with Crippen LogP contribution in [0.3, 0.4) is 0 Å². The van der Waals surface area contributed by atoms with Crippen molar-refractivity contribution >= 4 is 11.8 Å². The van der Waals surface area contributed by atoms with Gasteiger partial charge in [-0.05, 0) is 13.0 Å². The molecular formula is C12H23N3O4. The van der Waals surface area contributed by atoms with Crippen molar-refractivity contribution in [3.05, 3.63) is 0 Å². The molecule has 1 aliphatic rings. The molecule has 0 unspecified atom stereocenters. The number of nitrogens with zero attached hydrogens (tertiary/aromatic N) is 1. The molecule has 7 nitrogen and oxygen atoms in total. The SMILES string of the molecule is COCCOCCNC(=O)C(=O)N1CCCNCC1. The van der Waals surface area contributed by atoms with Gasteiger partial charge in [-0.3, -0.25) is 9.59 Å². The third-order valence-corrected chi connectivity index (χ3v) is 2.79. The second-order valence-electron chi connectivity index (χ2n) is 4.26. The molecule has 0 saturated carbocycles. The highest BCUT2D eigenvalue weighted by atomic mass is 16.5. The molecule has 0 atom stereocenters. The van der Waals surface area contributed by atoms with Gasteiger partial charge in [0.1, 0.15) is 0 Å². The molecule has 0 aromatic rings. The molecule has 2 amide bonds. The van der Waals surface area contributed by atoms with E-state index in [1.54, 1.807) is 12.0 Å². The van der Waals surface area contributed by atoms with Crippen molar-refractivity contribution in [2.75, 3.05) is 59.7 Å². The van der Waals surface area contributed by atoms with Gasteiger partial charge in [-0.25, -0.2) is 0 Å². The van der Waals surface area contributed by atoms with E-state index in [0.29, 0.717) is 39.5 Å². The second-order valence-corrected chi connectivity index (χ2v) is 4.26. The Balaban J connectivity index is 2.15. The molecule has 2 N–H and O–H groups in total. The van der Waals surface area contributed by atoms with Crippen LogP contribution in [0.4, 0.5) is 0 Å². The number of ether oxygens (including phenoxy) is 2. The van der Waals surface area contributed by atoms with E-state index in [-0.39, 0.29) is 0 Å². The van der Waals surface area contributed by atoms with Crippen LogP contribution < -0.4 is 10.6 Å². The highest BCUT2D eigenvalue weighted by molar-refractivity contribution is 6.35. The summed E-state index contributed by atoms with van der Waals surface area (Å²) in [6.45, 7) is 4.55. The molecule has 1 heterocycles. The van der Waals surface area contributed by atoms with Crippen molar-refractivity contribution in [3.8, 4) is 0 Å². The molecule has 1 fully saturated rings. The maximum atomic E-state index is 11.8. The normalized spacial score (nSPS) is 15.9. The van der Waals surface area contributed by atoms with Gasteiger partial charge in [-0.1, -0.05) is 0 Å². The van der Waals surface area contributed by atoms with Gasteiger partial charge >= 0.3 is 11.8 Å². The molecular weight excluding hydrogens is 250 g/mol. The average Bonchev–Trinajstić information content (AvgIpc) is 2.70. The summed E-state index contributed by atoms with van der Waals surface area (Å²) in [5.41, 5.74) is 0. The number of rotatable bonds is 6. The molecule has 7 heteroatoms. The number of hydrogen-bond acceptors (Lipinski definition) is 5. The van der Waals surface area contributed by atoms with Crippen molar-refractivity contribution in [2.24, 2.45) is 0 Å². The number of nitrogens with one attached hydrogen (secondary N) is 2. The zero-order chi connectivity index (χ0) is 13.9. The van der Waals surface area contributed by atoms with Gasteiger partial charge in [0.25, 0.3) is 0 Å². The first-order valence-corrected chi connectivity index (χ1v) is 6.60. The predicted molar refractivity (Wildman–Crippen MR) is 69.8 cm³/mol. The lowest BCUT2D eigenvalue weighted by molar-refractivity contribution is -0.145.